The second kappa shape index (κ2) is 6.03. The van der Waals surface area contributed by atoms with Crippen molar-refractivity contribution in [3.05, 3.63) is 23.1 Å². The quantitative estimate of drug-likeness (QED) is 0.836. The molecule has 1 unspecified atom stereocenters. The van der Waals surface area contributed by atoms with Gasteiger partial charge in [-0.1, -0.05) is 13.3 Å². The average molecular weight is 303 g/mol. The van der Waals surface area contributed by atoms with E-state index in [9.17, 15) is 0 Å². The van der Waals surface area contributed by atoms with Gasteiger partial charge in [-0.15, -0.1) is 0 Å². The maximum atomic E-state index is 5.98. The van der Waals surface area contributed by atoms with Crippen molar-refractivity contribution in [2.75, 3.05) is 0 Å². The minimum Gasteiger partial charge on any atom is -0.453 e. The lowest BCUT2D eigenvalue weighted by Crippen LogP contribution is -2.35. The van der Waals surface area contributed by atoms with Gasteiger partial charge in [-0.05, 0) is 31.0 Å². The minimum absolute atomic E-state index is 0.00632. The summed E-state index contributed by atoms with van der Waals surface area (Å²) in [6, 6.07) is 1.80. The van der Waals surface area contributed by atoms with Gasteiger partial charge in [0.25, 0.3) is 0 Å². The van der Waals surface area contributed by atoms with E-state index in [2.05, 4.69) is 6.92 Å². The first-order chi connectivity index (χ1) is 9.69. The lowest BCUT2D eigenvalue weighted by molar-refractivity contribution is -0.168. The zero-order valence-corrected chi connectivity index (χ0v) is 12.3. The number of halogens is 1. The Kier molecular flexibility index (Phi) is 4.33. The highest BCUT2D eigenvalue weighted by atomic mass is 35.5. The van der Waals surface area contributed by atoms with E-state index >= 15 is 0 Å². The minimum atomic E-state index is -0.327. The van der Waals surface area contributed by atoms with Gasteiger partial charge in [0.1, 0.15) is 12.2 Å². The molecule has 0 radical (unpaired) electrons. The van der Waals surface area contributed by atoms with E-state index < -0.39 is 0 Å². The number of hydrogen-bond acceptors (Lipinski definition) is 5. The van der Waals surface area contributed by atoms with Gasteiger partial charge < -0.3 is 23.4 Å². The Morgan fingerprint density at radius 2 is 2.15 bits per heavy atom. The third-order valence-electron chi connectivity index (χ3n) is 3.64. The van der Waals surface area contributed by atoms with Gasteiger partial charge in [-0.2, -0.15) is 0 Å². The van der Waals surface area contributed by atoms with Gasteiger partial charge in [-0.3, -0.25) is 0 Å². The molecule has 2 saturated heterocycles. The smallest absolute Gasteiger partial charge is 0.198 e. The van der Waals surface area contributed by atoms with Crippen molar-refractivity contribution in [1.29, 1.82) is 0 Å². The van der Waals surface area contributed by atoms with E-state index in [-0.39, 0.29) is 30.9 Å². The van der Waals surface area contributed by atoms with Crippen LogP contribution in [0.3, 0.4) is 0 Å². The summed E-state index contributed by atoms with van der Waals surface area (Å²) < 4.78 is 28.2. The van der Waals surface area contributed by atoms with Gasteiger partial charge in [-0.25, -0.2) is 0 Å². The van der Waals surface area contributed by atoms with Crippen molar-refractivity contribution in [3.63, 3.8) is 0 Å². The molecule has 0 bridgehead atoms. The van der Waals surface area contributed by atoms with Gasteiger partial charge in [0, 0.05) is 5.56 Å². The fraction of sp³-hybridized carbons (Fsp3) is 0.714. The van der Waals surface area contributed by atoms with Crippen molar-refractivity contribution < 1.29 is 23.4 Å². The fourth-order valence-corrected chi connectivity index (χ4v) is 2.88. The van der Waals surface area contributed by atoms with Crippen LogP contribution in [0.4, 0.5) is 0 Å². The molecule has 0 N–H and O–H groups in total. The van der Waals surface area contributed by atoms with Crippen LogP contribution in [-0.4, -0.2) is 30.9 Å². The maximum Gasteiger partial charge on any atom is 0.198 e. The number of ether oxygens (including phenoxy) is 4. The van der Waals surface area contributed by atoms with Crippen molar-refractivity contribution in [2.45, 2.75) is 64.2 Å². The van der Waals surface area contributed by atoms with Gasteiger partial charge in [0.15, 0.2) is 17.8 Å². The van der Waals surface area contributed by atoms with Crippen LogP contribution in [0.15, 0.2) is 16.7 Å². The highest BCUT2D eigenvalue weighted by Gasteiger charge is 2.51. The topological polar surface area (TPSA) is 50.1 Å². The Bertz CT molecular complexity index is 449. The molecule has 0 aromatic carbocycles. The third-order valence-corrected chi connectivity index (χ3v) is 3.97. The molecule has 5 atom stereocenters. The summed E-state index contributed by atoms with van der Waals surface area (Å²) in [7, 11) is 0. The first-order valence-electron chi connectivity index (χ1n) is 6.99. The number of hydrogen-bond donors (Lipinski definition) is 0. The number of fused-ring (bicyclic) bond motifs is 1. The van der Waals surface area contributed by atoms with Crippen LogP contribution in [0.5, 0.6) is 0 Å². The average Bonchev–Trinajstić information content (AvgIpc) is 3.04. The zero-order valence-electron chi connectivity index (χ0n) is 11.6. The lowest BCUT2D eigenvalue weighted by atomic mass is 10.1. The van der Waals surface area contributed by atoms with Crippen LogP contribution in [-0.2, 0) is 25.6 Å². The van der Waals surface area contributed by atoms with Crippen LogP contribution in [0.25, 0.3) is 0 Å². The molecule has 2 aliphatic heterocycles. The summed E-state index contributed by atoms with van der Waals surface area (Å²) in [5.41, 5.74) is 0.831. The Morgan fingerprint density at radius 3 is 2.85 bits per heavy atom. The molecule has 3 heterocycles. The van der Waals surface area contributed by atoms with Gasteiger partial charge >= 0.3 is 0 Å². The van der Waals surface area contributed by atoms with Crippen LogP contribution < -0.4 is 0 Å². The van der Waals surface area contributed by atoms with Crippen LogP contribution in [0.1, 0.15) is 32.3 Å². The maximum absolute atomic E-state index is 5.98. The SMILES string of the molecule is CCC[C@H]1O[C@@H]2OC(C)O[C@@H]2[C@H]1OCc1ccoc1Cl. The monoisotopic (exact) mass is 302 g/mol. The van der Waals surface area contributed by atoms with Crippen LogP contribution in [0, 0.1) is 0 Å². The summed E-state index contributed by atoms with van der Waals surface area (Å²) in [4.78, 5) is 0. The summed E-state index contributed by atoms with van der Waals surface area (Å²) >= 11 is 5.92. The Morgan fingerprint density at radius 1 is 1.30 bits per heavy atom. The standard InChI is InChI=1S/C14H19ClO5/c1-3-4-10-11(12-14(20-10)19-8(2)18-12)17-7-9-5-6-16-13(9)15/h5-6,8,10-12,14H,3-4,7H2,1-2H3/t8?,10-,11+,12-,14+/m1/s1. The Labute approximate surface area is 123 Å². The molecule has 112 valence electrons. The predicted octanol–water partition coefficient (Wildman–Crippen LogP) is 3.10. The highest BCUT2D eigenvalue weighted by Crippen LogP contribution is 2.36. The summed E-state index contributed by atoms with van der Waals surface area (Å²) in [6.07, 6.45) is 2.58. The van der Waals surface area contributed by atoms with Gasteiger partial charge in [0.2, 0.25) is 0 Å². The largest absolute Gasteiger partial charge is 0.453 e. The molecule has 3 rings (SSSR count). The molecular formula is C14H19ClO5. The normalized spacial score (nSPS) is 36.5. The molecule has 0 spiro atoms. The lowest BCUT2D eigenvalue weighted by Gasteiger charge is -2.22. The molecule has 0 aliphatic carbocycles. The molecule has 5 nitrogen and oxygen atoms in total. The zero-order chi connectivity index (χ0) is 14.1. The summed E-state index contributed by atoms with van der Waals surface area (Å²) in [5.74, 6) is 0. The van der Waals surface area contributed by atoms with Crippen molar-refractivity contribution in [3.8, 4) is 0 Å². The summed E-state index contributed by atoms with van der Waals surface area (Å²) in [6.45, 7) is 4.36. The van der Waals surface area contributed by atoms with E-state index in [4.69, 9.17) is 35.0 Å². The Hall–Kier alpha value is -0.590. The highest BCUT2D eigenvalue weighted by molar-refractivity contribution is 6.29. The first kappa shape index (κ1) is 14.4. The predicted molar refractivity (Wildman–Crippen MR) is 71.3 cm³/mol. The third kappa shape index (κ3) is 2.73. The van der Waals surface area contributed by atoms with Crippen molar-refractivity contribution >= 4 is 11.6 Å². The second-order valence-electron chi connectivity index (χ2n) is 5.13. The molecular weight excluding hydrogens is 284 g/mol. The molecule has 1 aromatic heterocycles. The van der Waals surface area contributed by atoms with E-state index in [1.165, 1.54) is 0 Å². The van der Waals surface area contributed by atoms with Crippen molar-refractivity contribution in [2.24, 2.45) is 0 Å². The molecule has 2 fully saturated rings. The van der Waals surface area contributed by atoms with Crippen LogP contribution >= 0.6 is 11.6 Å². The van der Waals surface area contributed by atoms with Crippen molar-refractivity contribution in [1.82, 2.24) is 0 Å². The fourth-order valence-electron chi connectivity index (χ4n) is 2.71. The number of furan rings is 1. The molecule has 1 aromatic rings. The van der Waals surface area contributed by atoms with Gasteiger partial charge in [0.05, 0.1) is 19.0 Å². The number of rotatable bonds is 5. The van der Waals surface area contributed by atoms with E-state index in [1.54, 1.807) is 12.3 Å². The Balaban J connectivity index is 1.66. The second-order valence-corrected chi connectivity index (χ2v) is 5.47. The molecule has 20 heavy (non-hydrogen) atoms. The summed E-state index contributed by atoms with van der Waals surface area (Å²) in [5, 5.41) is 0.365. The first-order valence-corrected chi connectivity index (χ1v) is 7.36. The van der Waals surface area contributed by atoms with E-state index in [0.717, 1.165) is 18.4 Å². The van der Waals surface area contributed by atoms with E-state index in [1.807, 2.05) is 6.92 Å². The molecule has 0 amide bonds. The molecule has 2 aliphatic rings. The van der Waals surface area contributed by atoms with E-state index in [0.29, 0.717) is 11.8 Å². The van der Waals surface area contributed by atoms with Crippen LogP contribution in [0.2, 0.25) is 5.22 Å². The molecule has 0 saturated carbocycles. The molecule has 6 heteroatoms.